The summed E-state index contributed by atoms with van der Waals surface area (Å²) in [4.78, 5) is 0. The van der Waals surface area contributed by atoms with Gasteiger partial charge >= 0.3 is 0 Å². The van der Waals surface area contributed by atoms with Crippen LogP contribution >= 0.6 is 0 Å². The topological polar surface area (TPSA) is 0 Å². The number of rotatable bonds is 5. The van der Waals surface area contributed by atoms with E-state index < -0.39 is 0 Å². The molecular weight excluding hydrogens is 156 g/mol. The second-order valence-electron chi connectivity index (χ2n) is 5.41. The van der Waals surface area contributed by atoms with Crippen LogP contribution in [0.3, 0.4) is 0 Å². The average Bonchev–Trinajstić information content (AvgIpc) is 2.71. The number of hydrogen-bond donors (Lipinski definition) is 0. The van der Waals surface area contributed by atoms with E-state index >= 15 is 0 Å². The van der Waals surface area contributed by atoms with Crippen LogP contribution in [0.4, 0.5) is 0 Å². The summed E-state index contributed by atoms with van der Waals surface area (Å²) in [7, 11) is 0. The van der Waals surface area contributed by atoms with E-state index in [0.29, 0.717) is 0 Å². The monoisotopic (exact) mass is 180 g/mol. The van der Waals surface area contributed by atoms with Crippen molar-refractivity contribution in [3.8, 4) is 0 Å². The van der Waals surface area contributed by atoms with Gasteiger partial charge in [0.2, 0.25) is 0 Å². The maximum Gasteiger partial charge on any atom is -0.0386 e. The van der Waals surface area contributed by atoms with Crippen LogP contribution in [0.25, 0.3) is 0 Å². The van der Waals surface area contributed by atoms with Crippen molar-refractivity contribution in [2.24, 2.45) is 23.7 Å². The summed E-state index contributed by atoms with van der Waals surface area (Å²) in [6, 6.07) is 0. The molecule has 2 rings (SSSR count). The molecule has 0 spiro atoms. The molecule has 0 aliphatic heterocycles. The Bertz CT molecular complexity index is 157. The second kappa shape index (κ2) is 4.02. The highest BCUT2D eigenvalue weighted by Gasteiger charge is 2.33. The van der Waals surface area contributed by atoms with Crippen molar-refractivity contribution in [3.63, 3.8) is 0 Å². The Hall–Kier alpha value is 0. The lowest BCUT2D eigenvalue weighted by atomic mass is 9.73. The maximum atomic E-state index is 2.41. The summed E-state index contributed by atoms with van der Waals surface area (Å²) >= 11 is 0. The maximum absolute atomic E-state index is 2.41. The molecule has 3 atom stereocenters. The molecule has 0 heteroatoms. The third-order valence-corrected chi connectivity index (χ3v) is 4.53. The fourth-order valence-corrected chi connectivity index (χ4v) is 2.91. The summed E-state index contributed by atoms with van der Waals surface area (Å²) < 4.78 is 0. The molecule has 3 unspecified atom stereocenters. The Kier molecular flexibility index (Phi) is 2.96. The van der Waals surface area contributed by atoms with Crippen molar-refractivity contribution >= 4 is 0 Å². The molecule has 2 aliphatic rings. The normalized spacial score (nSPS) is 35.5. The average molecular weight is 180 g/mol. The third-order valence-electron chi connectivity index (χ3n) is 4.53. The first-order valence-electron chi connectivity index (χ1n) is 6.31. The van der Waals surface area contributed by atoms with Gasteiger partial charge in [0.05, 0.1) is 0 Å². The quantitative estimate of drug-likeness (QED) is 0.593. The van der Waals surface area contributed by atoms with Crippen LogP contribution in [0.5, 0.6) is 0 Å². The van der Waals surface area contributed by atoms with Crippen molar-refractivity contribution < 1.29 is 0 Å². The lowest BCUT2D eigenvalue weighted by Crippen LogP contribution is -2.21. The first kappa shape index (κ1) is 9.55. The Labute approximate surface area is 83.1 Å². The van der Waals surface area contributed by atoms with Gasteiger partial charge in [-0.3, -0.25) is 0 Å². The van der Waals surface area contributed by atoms with Crippen LogP contribution in [0.1, 0.15) is 58.8 Å². The minimum absolute atomic E-state index is 1.07. The van der Waals surface area contributed by atoms with Crippen LogP contribution in [0.2, 0.25) is 0 Å². The van der Waals surface area contributed by atoms with Crippen molar-refractivity contribution in [2.75, 3.05) is 0 Å². The zero-order valence-electron chi connectivity index (χ0n) is 9.26. The van der Waals surface area contributed by atoms with E-state index in [1.165, 1.54) is 32.1 Å². The van der Waals surface area contributed by atoms with E-state index in [1.807, 2.05) is 0 Å². The van der Waals surface area contributed by atoms with Gasteiger partial charge in [-0.25, -0.2) is 0 Å². The summed E-state index contributed by atoms with van der Waals surface area (Å²) in [5.74, 6) is 4.40. The molecule has 2 aliphatic carbocycles. The fourth-order valence-electron chi connectivity index (χ4n) is 2.91. The molecule has 0 bridgehead atoms. The van der Waals surface area contributed by atoms with E-state index in [-0.39, 0.29) is 0 Å². The zero-order valence-corrected chi connectivity index (χ0v) is 9.26. The smallest absolute Gasteiger partial charge is 0.0386 e. The van der Waals surface area contributed by atoms with E-state index in [0.717, 1.165) is 23.7 Å². The molecule has 76 valence electrons. The molecule has 0 amide bonds. The molecule has 0 aromatic carbocycles. The first-order valence-corrected chi connectivity index (χ1v) is 6.31. The molecule has 0 aromatic heterocycles. The molecule has 0 nitrogen and oxygen atoms in total. The molecule has 0 saturated heterocycles. The highest BCUT2D eigenvalue weighted by Crippen LogP contribution is 2.44. The molecular formula is C13H24. The summed E-state index contributed by atoms with van der Waals surface area (Å²) in [6.45, 7) is 4.80. The van der Waals surface area contributed by atoms with Gasteiger partial charge in [-0.2, -0.15) is 0 Å². The van der Waals surface area contributed by atoms with Gasteiger partial charge in [0, 0.05) is 0 Å². The zero-order chi connectivity index (χ0) is 9.26. The van der Waals surface area contributed by atoms with Gasteiger partial charge in [0.1, 0.15) is 0 Å². The predicted octanol–water partition coefficient (Wildman–Crippen LogP) is 4.25. The van der Waals surface area contributed by atoms with Gasteiger partial charge in [0.25, 0.3) is 0 Å². The molecule has 0 N–H and O–H groups in total. The van der Waals surface area contributed by atoms with Gasteiger partial charge in [-0.1, -0.05) is 39.5 Å². The van der Waals surface area contributed by atoms with E-state index in [2.05, 4.69) is 13.8 Å². The molecule has 0 heterocycles. The highest BCUT2D eigenvalue weighted by atomic mass is 14.4. The van der Waals surface area contributed by atoms with Crippen LogP contribution in [0, 0.1) is 23.7 Å². The largest absolute Gasteiger partial charge is 0.0651 e. The molecule has 0 aromatic rings. The van der Waals surface area contributed by atoms with E-state index in [9.17, 15) is 0 Å². The first-order chi connectivity index (χ1) is 6.31. The van der Waals surface area contributed by atoms with Gasteiger partial charge in [0.15, 0.2) is 0 Å². The fraction of sp³-hybridized carbons (Fsp3) is 1.00. The summed E-state index contributed by atoms with van der Waals surface area (Å²) in [6.07, 6.45) is 10.6. The Morgan fingerprint density at radius 1 is 1.31 bits per heavy atom. The summed E-state index contributed by atoms with van der Waals surface area (Å²) in [5.41, 5.74) is 0. The Balaban J connectivity index is 1.65. The second-order valence-corrected chi connectivity index (χ2v) is 5.41. The van der Waals surface area contributed by atoms with Crippen LogP contribution in [-0.2, 0) is 0 Å². The van der Waals surface area contributed by atoms with Crippen molar-refractivity contribution in [1.29, 1.82) is 0 Å². The van der Waals surface area contributed by atoms with Gasteiger partial charge < -0.3 is 0 Å². The standard InChI is InChI=1S/C13H24/c1-3-11(12-5-4-6-12)7-8-13-9-10(13)2/h10-13H,3-9H2,1-2H3. The van der Waals surface area contributed by atoms with Crippen molar-refractivity contribution in [1.82, 2.24) is 0 Å². The van der Waals surface area contributed by atoms with Crippen molar-refractivity contribution in [3.05, 3.63) is 0 Å². The van der Waals surface area contributed by atoms with Crippen LogP contribution in [-0.4, -0.2) is 0 Å². The molecule has 0 radical (unpaired) electrons. The lowest BCUT2D eigenvalue weighted by Gasteiger charge is -2.33. The molecule has 2 saturated carbocycles. The SMILES string of the molecule is CCC(CCC1CC1C)C1CCC1. The molecule has 2 fully saturated rings. The predicted molar refractivity (Wildman–Crippen MR) is 57.6 cm³/mol. The minimum atomic E-state index is 1.07. The third kappa shape index (κ3) is 2.27. The van der Waals surface area contributed by atoms with Crippen molar-refractivity contribution in [2.45, 2.75) is 58.8 Å². The minimum Gasteiger partial charge on any atom is -0.0651 e. The van der Waals surface area contributed by atoms with Crippen LogP contribution < -0.4 is 0 Å². The van der Waals surface area contributed by atoms with Crippen LogP contribution in [0.15, 0.2) is 0 Å². The van der Waals surface area contributed by atoms with Gasteiger partial charge in [-0.15, -0.1) is 0 Å². The highest BCUT2D eigenvalue weighted by molar-refractivity contribution is 4.84. The lowest BCUT2D eigenvalue weighted by molar-refractivity contribution is 0.185. The molecule has 13 heavy (non-hydrogen) atoms. The number of hydrogen-bond acceptors (Lipinski definition) is 0. The Morgan fingerprint density at radius 3 is 2.38 bits per heavy atom. The summed E-state index contributed by atoms with van der Waals surface area (Å²) in [5, 5.41) is 0. The van der Waals surface area contributed by atoms with E-state index in [1.54, 1.807) is 12.8 Å². The Morgan fingerprint density at radius 2 is 2.00 bits per heavy atom. The van der Waals surface area contributed by atoms with E-state index in [4.69, 9.17) is 0 Å². The van der Waals surface area contributed by atoms with Gasteiger partial charge in [-0.05, 0) is 42.9 Å².